The lowest BCUT2D eigenvalue weighted by Crippen LogP contribution is -2.55. The molecule has 0 aromatic heterocycles. The highest BCUT2D eigenvalue weighted by Gasteiger charge is 2.45. The normalized spacial score (nSPS) is 22.7. The van der Waals surface area contributed by atoms with Gasteiger partial charge in [-0.3, -0.25) is 4.79 Å². The molecule has 0 heterocycles. The van der Waals surface area contributed by atoms with E-state index in [9.17, 15) is 4.79 Å². The van der Waals surface area contributed by atoms with Gasteiger partial charge < -0.3 is 11.1 Å². The third-order valence-corrected chi connectivity index (χ3v) is 5.35. The van der Waals surface area contributed by atoms with Gasteiger partial charge in [-0.15, -0.1) is 12.4 Å². The van der Waals surface area contributed by atoms with Crippen molar-refractivity contribution in [3.05, 3.63) is 33.8 Å². The minimum atomic E-state index is -0.359. The van der Waals surface area contributed by atoms with Crippen LogP contribution in [0.5, 0.6) is 0 Å². The lowest BCUT2D eigenvalue weighted by Gasteiger charge is -2.33. The van der Waals surface area contributed by atoms with Crippen LogP contribution in [0.1, 0.15) is 38.7 Å². The molecule has 6 heteroatoms. The molecule has 22 heavy (non-hydrogen) atoms. The molecule has 3 atom stereocenters. The number of benzene rings is 1. The fraction of sp³-hybridized carbons (Fsp3) is 0.562. The molecule has 1 aromatic rings. The Morgan fingerprint density at radius 2 is 2.05 bits per heavy atom. The van der Waals surface area contributed by atoms with Crippen LogP contribution < -0.4 is 11.1 Å². The summed E-state index contributed by atoms with van der Waals surface area (Å²) in [6.07, 6.45) is 0.850. The molecule has 124 valence electrons. The van der Waals surface area contributed by atoms with Crippen LogP contribution in [-0.4, -0.2) is 18.0 Å². The van der Waals surface area contributed by atoms with Gasteiger partial charge in [0.05, 0.1) is 15.6 Å². The van der Waals surface area contributed by atoms with Crippen LogP contribution in [0.2, 0.25) is 10.0 Å². The summed E-state index contributed by atoms with van der Waals surface area (Å²) in [6.45, 7) is 6.56. The maximum atomic E-state index is 12.4. The smallest absolute Gasteiger partial charge is 0.224 e. The number of halogens is 3. The van der Waals surface area contributed by atoms with Gasteiger partial charge in [-0.25, -0.2) is 0 Å². The number of carbonyl (C=O) groups is 1. The van der Waals surface area contributed by atoms with Crippen molar-refractivity contribution < 1.29 is 4.79 Å². The first kappa shape index (κ1) is 19.6. The van der Waals surface area contributed by atoms with E-state index in [0.717, 1.165) is 12.0 Å². The van der Waals surface area contributed by atoms with Crippen molar-refractivity contribution in [1.82, 2.24) is 5.32 Å². The van der Waals surface area contributed by atoms with Crippen LogP contribution in [0.3, 0.4) is 0 Å². The fourth-order valence-corrected chi connectivity index (χ4v) is 2.71. The van der Waals surface area contributed by atoms with Gasteiger partial charge in [-0.05, 0) is 42.9 Å². The predicted molar refractivity (Wildman–Crippen MR) is 95.0 cm³/mol. The Bertz CT molecular complexity index is 550. The molecule has 2 rings (SSSR count). The molecule has 3 unspecified atom stereocenters. The molecule has 1 saturated carbocycles. The average Bonchev–Trinajstić information content (AvgIpc) is 3.22. The molecule has 1 fully saturated rings. The first-order valence-corrected chi connectivity index (χ1v) is 8.01. The number of nitrogens with one attached hydrogen (secondary N) is 1. The second-order valence-corrected chi connectivity index (χ2v) is 7.20. The van der Waals surface area contributed by atoms with Crippen molar-refractivity contribution >= 4 is 41.5 Å². The summed E-state index contributed by atoms with van der Waals surface area (Å²) in [7, 11) is 0. The number of amides is 1. The molecular weight excluding hydrogens is 343 g/mol. The monoisotopic (exact) mass is 364 g/mol. The average molecular weight is 366 g/mol. The van der Waals surface area contributed by atoms with Crippen LogP contribution in [-0.2, 0) is 4.79 Å². The second-order valence-electron chi connectivity index (χ2n) is 6.39. The molecule has 0 aliphatic heterocycles. The summed E-state index contributed by atoms with van der Waals surface area (Å²) >= 11 is 12.0. The highest BCUT2D eigenvalue weighted by atomic mass is 35.5. The van der Waals surface area contributed by atoms with E-state index in [0.29, 0.717) is 16.6 Å². The minimum Gasteiger partial charge on any atom is -0.349 e. The standard InChI is InChI=1S/C16H22Cl2N2O.ClH/c1-9(2)16(3,8-19)20-15(21)12-7-11(12)10-4-5-13(17)14(18)6-10;/h4-6,9,11-12H,7-8,19H2,1-3H3,(H,20,21);1H. The van der Waals surface area contributed by atoms with E-state index in [1.54, 1.807) is 6.07 Å². The molecule has 1 aromatic carbocycles. The lowest BCUT2D eigenvalue weighted by atomic mass is 9.88. The van der Waals surface area contributed by atoms with Gasteiger partial charge in [0.15, 0.2) is 0 Å². The summed E-state index contributed by atoms with van der Waals surface area (Å²) < 4.78 is 0. The van der Waals surface area contributed by atoms with Gasteiger partial charge >= 0.3 is 0 Å². The van der Waals surface area contributed by atoms with E-state index in [1.165, 1.54) is 0 Å². The first-order chi connectivity index (χ1) is 9.78. The van der Waals surface area contributed by atoms with Crippen molar-refractivity contribution in [2.75, 3.05) is 6.54 Å². The summed E-state index contributed by atoms with van der Waals surface area (Å²) in [5.74, 6) is 0.599. The number of carbonyl (C=O) groups excluding carboxylic acids is 1. The molecule has 0 radical (unpaired) electrons. The number of hydrogen-bond acceptors (Lipinski definition) is 2. The SMILES string of the molecule is CC(C)C(C)(CN)NC(=O)C1CC1c1ccc(Cl)c(Cl)c1.Cl. The van der Waals surface area contributed by atoms with Gasteiger partial charge in [0.2, 0.25) is 5.91 Å². The molecule has 1 amide bonds. The third-order valence-electron chi connectivity index (χ3n) is 4.61. The van der Waals surface area contributed by atoms with Crippen LogP contribution in [0, 0.1) is 11.8 Å². The van der Waals surface area contributed by atoms with Crippen molar-refractivity contribution in [2.24, 2.45) is 17.6 Å². The maximum absolute atomic E-state index is 12.4. The second kappa shape index (κ2) is 7.39. The Kier molecular flexibility index (Phi) is 6.58. The molecule has 3 nitrogen and oxygen atoms in total. The van der Waals surface area contributed by atoms with Crippen LogP contribution in [0.15, 0.2) is 18.2 Å². The number of nitrogens with two attached hydrogens (primary N) is 1. The summed E-state index contributed by atoms with van der Waals surface area (Å²) in [6, 6.07) is 5.58. The molecule has 0 saturated heterocycles. The molecule has 0 bridgehead atoms. The van der Waals surface area contributed by atoms with E-state index in [2.05, 4.69) is 19.2 Å². The quantitative estimate of drug-likeness (QED) is 0.828. The Morgan fingerprint density at radius 1 is 1.41 bits per heavy atom. The van der Waals surface area contributed by atoms with Gasteiger partial charge in [-0.1, -0.05) is 43.1 Å². The van der Waals surface area contributed by atoms with Crippen molar-refractivity contribution in [3.63, 3.8) is 0 Å². The highest BCUT2D eigenvalue weighted by Crippen LogP contribution is 2.48. The van der Waals surface area contributed by atoms with Gasteiger partial charge in [0.1, 0.15) is 0 Å². The van der Waals surface area contributed by atoms with E-state index in [-0.39, 0.29) is 41.6 Å². The third kappa shape index (κ3) is 4.08. The van der Waals surface area contributed by atoms with E-state index in [4.69, 9.17) is 28.9 Å². The Labute approximate surface area is 148 Å². The zero-order chi connectivity index (χ0) is 15.8. The zero-order valence-corrected chi connectivity index (χ0v) is 15.4. The van der Waals surface area contributed by atoms with Crippen LogP contribution >= 0.6 is 35.6 Å². The number of hydrogen-bond donors (Lipinski definition) is 2. The molecule has 0 spiro atoms. The summed E-state index contributed by atoms with van der Waals surface area (Å²) in [4.78, 5) is 12.4. The van der Waals surface area contributed by atoms with E-state index < -0.39 is 0 Å². The zero-order valence-electron chi connectivity index (χ0n) is 13.0. The van der Waals surface area contributed by atoms with Crippen molar-refractivity contribution in [1.29, 1.82) is 0 Å². The Morgan fingerprint density at radius 3 is 2.55 bits per heavy atom. The molecule has 1 aliphatic carbocycles. The number of rotatable bonds is 5. The van der Waals surface area contributed by atoms with Crippen LogP contribution in [0.4, 0.5) is 0 Å². The van der Waals surface area contributed by atoms with Crippen LogP contribution in [0.25, 0.3) is 0 Å². The minimum absolute atomic E-state index is 0. The van der Waals surface area contributed by atoms with Gasteiger partial charge in [-0.2, -0.15) is 0 Å². The lowest BCUT2D eigenvalue weighted by molar-refractivity contribution is -0.124. The Hall–Kier alpha value is -0.480. The van der Waals surface area contributed by atoms with Crippen molar-refractivity contribution in [2.45, 2.75) is 38.6 Å². The van der Waals surface area contributed by atoms with E-state index in [1.807, 2.05) is 19.1 Å². The van der Waals surface area contributed by atoms with Gasteiger partial charge in [0.25, 0.3) is 0 Å². The fourth-order valence-electron chi connectivity index (χ4n) is 2.40. The molecule has 3 N–H and O–H groups in total. The maximum Gasteiger partial charge on any atom is 0.224 e. The first-order valence-electron chi connectivity index (χ1n) is 7.25. The summed E-state index contributed by atoms with van der Waals surface area (Å²) in [5.41, 5.74) is 6.53. The van der Waals surface area contributed by atoms with E-state index >= 15 is 0 Å². The summed E-state index contributed by atoms with van der Waals surface area (Å²) in [5, 5.41) is 4.18. The topological polar surface area (TPSA) is 55.1 Å². The molecular formula is C16H23Cl3N2O. The predicted octanol–water partition coefficient (Wildman–Crippen LogP) is 4.01. The highest BCUT2D eigenvalue weighted by molar-refractivity contribution is 6.42. The molecule has 1 aliphatic rings. The largest absolute Gasteiger partial charge is 0.349 e. The Balaban J connectivity index is 0.00000242. The van der Waals surface area contributed by atoms with Crippen molar-refractivity contribution in [3.8, 4) is 0 Å². The van der Waals surface area contributed by atoms with Gasteiger partial charge in [0, 0.05) is 12.5 Å².